The monoisotopic (exact) mass is 287 g/mol. The lowest BCUT2D eigenvalue weighted by Gasteiger charge is -2.28. The van der Waals surface area contributed by atoms with Crippen molar-refractivity contribution in [3.63, 3.8) is 0 Å². The van der Waals surface area contributed by atoms with E-state index >= 15 is 0 Å². The van der Waals surface area contributed by atoms with Crippen LogP contribution in [0.4, 0.5) is 5.69 Å². The quantitative estimate of drug-likeness (QED) is 0.835. The molecule has 2 N–H and O–H groups in total. The molecule has 0 heterocycles. The Morgan fingerprint density at radius 2 is 1.95 bits per heavy atom. The number of hydrogen-bond donors (Lipinski definition) is 2. The van der Waals surface area contributed by atoms with Gasteiger partial charge in [-0.1, -0.05) is 26.0 Å². The van der Waals surface area contributed by atoms with Crippen LogP contribution in [0.25, 0.3) is 0 Å². The van der Waals surface area contributed by atoms with Gasteiger partial charge in [0.25, 0.3) is 0 Å². The SMILES string of the molecule is CC1(C)CC(=O)C(C=Nc2ccccc2C(=O)O)=C(O)C1. The van der Waals surface area contributed by atoms with Crippen LogP contribution in [0.5, 0.6) is 0 Å². The van der Waals surface area contributed by atoms with Gasteiger partial charge in [-0.15, -0.1) is 0 Å². The van der Waals surface area contributed by atoms with E-state index in [9.17, 15) is 14.7 Å². The summed E-state index contributed by atoms with van der Waals surface area (Å²) in [7, 11) is 0. The number of benzene rings is 1. The number of carboxylic acid groups (broad SMARTS) is 1. The van der Waals surface area contributed by atoms with E-state index in [4.69, 9.17) is 5.11 Å². The van der Waals surface area contributed by atoms with Gasteiger partial charge < -0.3 is 10.2 Å². The molecule has 21 heavy (non-hydrogen) atoms. The van der Waals surface area contributed by atoms with E-state index in [0.29, 0.717) is 12.8 Å². The molecule has 1 aromatic carbocycles. The fourth-order valence-electron chi connectivity index (χ4n) is 2.35. The van der Waals surface area contributed by atoms with E-state index < -0.39 is 5.97 Å². The van der Waals surface area contributed by atoms with Crippen LogP contribution in [0.15, 0.2) is 40.6 Å². The third-order valence-corrected chi connectivity index (χ3v) is 3.36. The van der Waals surface area contributed by atoms with Crippen molar-refractivity contribution in [2.45, 2.75) is 26.7 Å². The van der Waals surface area contributed by atoms with Crippen LogP contribution in [-0.2, 0) is 4.79 Å². The Morgan fingerprint density at radius 1 is 1.29 bits per heavy atom. The first kappa shape index (κ1) is 15.0. The van der Waals surface area contributed by atoms with Gasteiger partial charge in [-0.05, 0) is 17.5 Å². The number of aliphatic hydroxyl groups excluding tert-OH is 1. The number of ketones is 1. The lowest BCUT2D eigenvalue weighted by molar-refractivity contribution is -0.117. The van der Waals surface area contributed by atoms with Gasteiger partial charge in [-0.25, -0.2) is 4.79 Å². The van der Waals surface area contributed by atoms with Crippen LogP contribution >= 0.6 is 0 Å². The van der Waals surface area contributed by atoms with E-state index in [1.165, 1.54) is 12.3 Å². The molecule has 2 rings (SSSR count). The van der Waals surface area contributed by atoms with E-state index in [1.807, 2.05) is 13.8 Å². The van der Waals surface area contributed by atoms with Crippen molar-refractivity contribution >= 4 is 23.7 Å². The molecule has 5 heteroatoms. The number of allylic oxidation sites excluding steroid dienone is 2. The minimum absolute atomic E-state index is 0.00723. The van der Waals surface area contributed by atoms with E-state index in [2.05, 4.69) is 4.99 Å². The first-order valence-corrected chi connectivity index (χ1v) is 6.62. The summed E-state index contributed by atoms with van der Waals surface area (Å²) in [6.45, 7) is 3.82. The second-order valence-corrected chi connectivity index (χ2v) is 5.88. The minimum Gasteiger partial charge on any atom is -0.511 e. The number of para-hydroxylation sites is 1. The Balaban J connectivity index is 2.34. The van der Waals surface area contributed by atoms with Gasteiger partial charge in [0.05, 0.1) is 16.8 Å². The maximum atomic E-state index is 12.0. The predicted octanol–water partition coefficient (Wildman–Crippen LogP) is 3.29. The lowest BCUT2D eigenvalue weighted by Crippen LogP contribution is -2.26. The number of nitrogens with zero attached hydrogens (tertiary/aromatic N) is 1. The molecule has 0 saturated carbocycles. The summed E-state index contributed by atoms with van der Waals surface area (Å²) in [6, 6.07) is 6.26. The molecule has 1 aliphatic carbocycles. The summed E-state index contributed by atoms with van der Waals surface area (Å²) < 4.78 is 0. The number of carboxylic acids is 1. The van der Waals surface area contributed by atoms with Gasteiger partial charge in [-0.3, -0.25) is 9.79 Å². The highest BCUT2D eigenvalue weighted by atomic mass is 16.4. The van der Waals surface area contributed by atoms with Crippen molar-refractivity contribution in [2.24, 2.45) is 10.4 Å². The van der Waals surface area contributed by atoms with Gasteiger partial charge in [0.2, 0.25) is 0 Å². The molecule has 1 aliphatic rings. The molecule has 110 valence electrons. The van der Waals surface area contributed by atoms with Crippen LogP contribution in [0.3, 0.4) is 0 Å². The Hall–Kier alpha value is -2.43. The zero-order valence-corrected chi connectivity index (χ0v) is 12.0. The number of carbonyl (C=O) groups excluding carboxylic acids is 1. The molecule has 0 aliphatic heterocycles. The molecule has 0 spiro atoms. The second kappa shape index (κ2) is 5.52. The lowest BCUT2D eigenvalue weighted by atomic mass is 9.77. The second-order valence-electron chi connectivity index (χ2n) is 5.88. The Kier molecular flexibility index (Phi) is 3.93. The number of Topliss-reactive ketones (excluding diaryl/α,β-unsaturated/α-hetero) is 1. The fourth-order valence-corrected chi connectivity index (χ4v) is 2.35. The minimum atomic E-state index is -1.09. The molecular formula is C16H17NO4. The molecule has 0 fully saturated rings. The topological polar surface area (TPSA) is 87.0 Å². The van der Waals surface area contributed by atoms with Crippen LogP contribution in [0.1, 0.15) is 37.0 Å². The highest BCUT2D eigenvalue weighted by Crippen LogP contribution is 2.35. The first-order valence-electron chi connectivity index (χ1n) is 6.62. The van der Waals surface area contributed by atoms with Crippen molar-refractivity contribution < 1.29 is 19.8 Å². The Bertz CT molecular complexity index is 656. The highest BCUT2D eigenvalue weighted by molar-refractivity contribution is 6.15. The smallest absolute Gasteiger partial charge is 0.337 e. The molecule has 0 atom stereocenters. The number of carbonyl (C=O) groups is 2. The van der Waals surface area contributed by atoms with Gasteiger partial charge in [0, 0.05) is 19.1 Å². The number of hydrogen-bond acceptors (Lipinski definition) is 4. The Morgan fingerprint density at radius 3 is 2.57 bits per heavy atom. The van der Waals surface area contributed by atoms with Gasteiger partial charge >= 0.3 is 5.97 Å². The molecule has 0 unspecified atom stereocenters. The number of rotatable bonds is 3. The molecule has 0 radical (unpaired) electrons. The average Bonchev–Trinajstić information content (AvgIpc) is 2.36. The standard InChI is InChI=1S/C16H17NO4/c1-16(2)7-13(18)11(14(19)8-16)9-17-12-6-4-3-5-10(12)15(20)21/h3-6,9,18H,7-8H2,1-2H3,(H,20,21). The van der Waals surface area contributed by atoms with E-state index in [-0.39, 0.29) is 33.8 Å². The summed E-state index contributed by atoms with van der Waals surface area (Å²) in [4.78, 5) is 27.2. The summed E-state index contributed by atoms with van der Waals surface area (Å²) >= 11 is 0. The summed E-state index contributed by atoms with van der Waals surface area (Å²) in [6.07, 6.45) is 1.99. The van der Waals surface area contributed by atoms with Crippen LogP contribution in [-0.4, -0.2) is 28.2 Å². The highest BCUT2D eigenvalue weighted by Gasteiger charge is 2.32. The number of aliphatic imine (C=N–C) groups is 1. The number of aromatic carboxylic acids is 1. The van der Waals surface area contributed by atoms with E-state index in [0.717, 1.165) is 0 Å². The summed E-state index contributed by atoms with van der Waals surface area (Å²) in [5, 5.41) is 19.1. The summed E-state index contributed by atoms with van der Waals surface area (Å²) in [5.41, 5.74) is 0.201. The molecule has 1 aromatic rings. The van der Waals surface area contributed by atoms with Crippen molar-refractivity contribution in [3.8, 4) is 0 Å². The van der Waals surface area contributed by atoms with Crippen molar-refractivity contribution in [1.82, 2.24) is 0 Å². The average molecular weight is 287 g/mol. The zero-order valence-electron chi connectivity index (χ0n) is 12.0. The zero-order chi connectivity index (χ0) is 15.6. The molecule has 5 nitrogen and oxygen atoms in total. The maximum Gasteiger partial charge on any atom is 0.337 e. The van der Waals surface area contributed by atoms with Gasteiger partial charge in [0.1, 0.15) is 5.76 Å². The normalized spacial score (nSPS) is 18.3. The first-order chi connectivity index (χ1) is 9.80. The molecular weight excluding hydrogens is 270 g/mol. The largest absolute Gasteiger partial charge is 0.511 e. The van der Waals surface area contributed by atoms with Crippen molar-refractivity contribution in [1.29, 1.82) is 0 Å². The van der Waals surface area contributed by atoms with Crippen molar-refractivity contribution in [2.75, 3.05) is 0 Å². The third-order valence-electron chi connectivity index (χ3n) is 3.36. The molecule has 0 amide bonds. The number of aliphatic hydroxyl groups is 1. The van der Waals surface area contributed by atoms with Crippen LogP contribution in [0, 0.1) is 5.41 Å². The molecule has 0 aromatic heterocycles. The van der Waals surface area contributed by atoms with Crippen molar-refractivity contribution in [3.05, 3.63) is 41.2 Å². The van der Waals surface area contributed by atoms with Crippen LogP contribution < -0.4 is 0 Å². The summed E-state index contributed by atoms with van der Waals surface area (Å²) in [5.74, 6) is -1.26. The fraction of sp³-hybridized carbons (Fsp3) is 0.312. The third kappa shape index (κ3) is 3.37. The van der Waals surface area contributed by atoms with Gasteiger partial charge in [-0.2, -0.15) is 0 Å². The maximum absolute atomic E-state index is 12.0. The molecule has 0 saturated heterocycles. The van der Waals surface area contributed by atoms with Crippen LogP contribution in [0.2, 0.25) is 0 Å². The Labute approximate surface area is 122 Å². The molecule has 0 bridgehead atoms. The predicted molar refractivity (Wildman–Crippen MR) is 79.2 cm³/mol. The van der Waals surface area contributed by atoms with Gasteiger partial charge in [0.15, 0.2) is 5.78 Å². The van der Waals surface area contributed by atoms with E-state index in [1.54, 1.807) is 18.2 Å².